The first-order valence-corrected chi connectivity index (χ1v) is 6.47. The molecule has 1 aromatic carbocycles. The SMILES string of the molecule is CC[C@@H](C(=O)O)N(C)Cc1cc(C)c(OC)c(C)c1. The van der Waals surface area contributed by atoms with Crippen LogP contribution in [-0.2, 0) is 11.3 Å². The Labute approximate surface area is 115 Å². The summed E-state index contributed by atoms with van der Waals surface area (Å²) in [4.78, 5) is 13.0. The van der Waals surface area contributed by atoms with E-state index < -0.39 is 12.0 Å². The van der Waals surface area contributed by atoms with Crippen LogP contribution >= 0.6 is 0 Å². The van der Waals surface area contributed by atoms with E-state index in [9.17, 15) is 4.79 Å². The molecule has 4 heteroatoms. The van der Waals surface area contributed by atoms with Crippen molar-refractivity contribution in [3.05, 3.63) is 28.8 Å². The normalized spacial score (nSPS) is 12.5. The number of aliphatic carboxylic acids is 1. The van der Waals surface area contributed by atoms with Gasteiger partial charge in [-0.05, 0) is 44.0 Å². The summed E-state index contributed by atoms with van der Waals surface area (Å²) in [5, 5.41) is 9.15. The fourth-order valence-corrected chi connectivity index (χ4v) is 2.53. The Hall–Kier alpha value is -1.55. The number of likely N-dealkylation sites (N-methyl/N-ethyl adjacent to an activating group) is 1. The number of aryl methyl sites for hydroxylation is 2. The molecule has 0 radical (unpaired) electrons. The maximum absolute atomic E-state index is 11.1. The zero-order valence-corrected chi connectivity index (χ0v) is 12.4. The van der Waals surface area contributed by atoms with Gasteiger partial charge in [-0.25, -0.2) is 0 Å². The Kier molecular flexibility index (Phi) is 5.36. The van der Waals surface area contributed by atoms with Gasteiger partial charge in [-0.2, -0.15) is 0 Å². The minimum Gasteiger partial charge on any atom is -0.496 e. The van der Waals surface area contributed by atoms with Gasteiger partial charge in [-0.1, -0.05) is 19.1 Å². The summed E-state index contributed by atoms with van der Waals surface area (Å²) >= 11 is 0. The summed E-state index contributed by atoms with van der Waals surface area (Å²) in [6, 6.07) is 3.66. The van der Waals surface area contributed by atoms with Gasteiger partial charge >= 0.3 is 5.97 Å². The van der Waals surface area contributed by atoms with Crippen molar-refractivity contribution in [3.8, 4) is 5.75 Å². The number of benzene rings is 1. The molecule has 1 atom stereocenters. The molecule has 0 aromatic heterocycles. The van der Waals surface area contributed by atoms with Gasteiger partial charge in [0.1, 0.15) is 11.8 Å². The van der Waals surface area contributed by atoms with Crippen molar-refractivity contribution in [1.82, 2.24) is 4.90 Å². The smallest absolute Gasteiger partial charge is 0.320 e. The lowest BCUT2D eigenvalue weighted by Gasteiger charge is -2.24. The van der Waals surface area contributed by atoms with Gasteiger partial charge in [0.15, 0.2) is 0 Å². The van der Waals surface area contributed by atoms with Gasteiger partial charge in [0.2, 0.25) is 0 Å². The van der Waals surface area contributed by atoms with Crippen molar-refractivity contribution >= 4 is 5.97 Å². The summed E-state index contributed by atoms with van der Waals surface area (Å²) < 4.78 is 5.33. The summed E-state index contributed by atoms with van der Waals surface area (Å²) in [6.45, 7) is 6.52. The predicted molar refractivity (Wildman–Crippen MR) is 75.6 cm³/mol. The van der Waals surface area contributed by atoms with E-state index >= 15 is 0 Å². The van der Waals surface area contributed by atoms with Crippen LogP contribution in [0.5, 0.6) is 5.75 Å². The summed E-state index contributed by atoms with van der Waals surface area (Å²) in [7, 11) is 3.51. The lowest BCUT2D eigenvalue weighted by molar-refractivity contribution is -0.143. The second-order valence-corrected chi connectivity index (χ2v) is 4.94. The molecule has 4 nitrogen and oxygen atoms in total. The first kappa shape index (κ1) is 15.5. The Morgan fingerprint density at radius 3 is 2.26 bits per heavy atom. The average molecular weight is 265 g/mol. The lowest BCUT2D eigenvalue weighted by Crippen LogP contribution is -2.37. The Balaban J connectivity index is 2.91. The predicted octanol–water partition coefficient (Wildman–Crippen LogP) is 2.61. The number of nitrogens with zero attached hydrogens (tertiary/aromatic N) is 1. The summed E-state index contributed by atoms with van der Waals surface area (Å²) in [5.74, 6) is 0.128. The molecular weight excluding hydrogens is 242 g/mol. The van der Waals surface area contributed by atoms with E-state index in [4.69, 9.17) is 9.84 Å². The van der Waals surface area contributed by atoms with Crippen LogP contribution in [0.25, 0.3) is 0 Å². The summed E-state index contributed by atoms with van der Waals surface area (Å²) in [6.07, 6.45) is 0.597. The molecule has 1 aromatic rings. The number of carbonyl (C=O) groups is 1. The molecule has 0 saturated carbocycles. The van der Waals surface area contributed by atoms with Crippen molar-refractivity contribution in [2.45, 2.75) is 39.8 Å². The van der Waals surface area contributed by atoms with Gasteiger partial charge < -0.3 is 9.84 Å². The Bertz CT molecular complexity index is 434. The molecule has 0 heterocycles. The molecule has 0 spiro atoms. The highest BCUT2D eigenvalue weighted by molar-refractivity contribution is 5.73. The molecule has 0 bridgehead atoms. The molecule has 0 saturated heterocycles. The monoisotopic (exact) mass is 265 g/mol. The van der Waals surface area contributed by atoms with Crippen molar-refractivity contribution in [2.75, 3.05) is 14.2 Å². The van der Waals surface area contributed by atoms with Crippen molar-refractivity contribution in [2.24, 2.45) is 0 Å². The molecule has 106 valence electrons. The zero-order valence-electron chi connectivity index (χ0n) is 12.4. The van der Waals surface area contributed by atoms with Crippen LogP contribution in [0.4, 0.5) is 0 Å². The van der Waals surface area contributed by atoms with Crippen molar-refractivity contribution in [1.29, 1.82) is 0 Å². The van der Waals surface area contributed by atoms with E-state index in [1.54, 1.807) is 7.11 Å². The van der Waals surface area contributed by atoms with Crippen LogP contribution in [0.1, 0.15) is 30.0 Å². The summed E-state index contributed by atoms with van der Waals surface area (Å²) in [5.41, 5.74) is 3.27. The van der Waals surface area contributed by atoms with Crippen LogP contribution in [0, 0.1) is 13.8 Å². The fraction of sp³-hybridized carbons (Fsp3) is 0.533. The first-order chi connectivity index (χ1) is 8.90. The van der Waals surface area contributed by atoms with Gasteiger partial charge in [-0.3, -0.25) is 9.69 Å². The molecule has 0 aliphatic rings. The van der Waals surface area contributed by atoms with Crippen LogP contribution in [0.15, 0.2) is 12.1 Å². The largest absolute Gasteiger partial charge is 0.496 e. The molecule has 1 rings (SSSR count). The number of carboxylic acids is 1. The van der Waals surface area contributed by atoms with Crippen LogP contribution < -0.4 is 4.74 Å². The minimum absolute atomic E-state index is 0.442. The minimum atomic E-state index is -0.771. The number of hydrogen-bond acceptors (Lipinski definition) is 3. The maximum atomic E-state index is 11.1. The average Bonchev–Trinajstić information content (AvgIpc) is 2.28. The first-order valence-electron chi connectivity index (χ1n) is 6.47. The van der Waals surface area contributed by atoms with Crippen molar-refractivity contribution in [3.63, 3.8) is 0 Å². The molecule has 0 aliphatic carbocycles. The lowest BCUT2D eigenvalue weighted by atomic mass is 10.0. The third kappa shape index (κ3) is 3.70. The molecule has 1 N–H and O–H groups in total. The number of hydrogen-bond donors (Lipinski definition) is 1. The fourth-order valence-electron chi connectivity index (χ4n) is 2.53. The van der Waals surface area contributed by atoms with Crippen LogP contribution in [0.3, 0.4) is 0 Å². The highest BCUT2D eigenvalue weighted by Crippen LogP contribution is 2.25. The van der Waals surface area contributed by atoms with E-state index in [0.29, 0.717) is 13.0 Å². The van der Waals surface area contributed by atoms with E-state index in [0.717, 1.165) is 22.4 Å². The van der Waals surface area contributed by atoms with Crippen LogP contribution in [0.2, 0.25) is 0 Å². The van der Waals surface area contributed by atoms with Gasteiger partial charge in [0.05, 0.1) is 7.11 Å². The third-order valence-electron chi connectivity index (χ3n) is 3.36. The van der Waals surface area contributed by atoms with Crippen molar-refractivity contribution < 1.29 is 14.6 Å². The molecule has 19 heavy (non-hydrogen) atoms. The second kappa shape index (κ2) is 6.57. The topological polar surface area (TPSA) is 49.8 Å². The van der Waals surface area contributed by atoms with Crippen LogP contribution in [-0.4, -0.2) is 36.2 Å². The highest BCUT2D eigenvalue weighted by atomic mass is 16.5. The quantitative estimate of drug-likeness (QED) is 0.859. The number of rotatable bonds is 6. The standard InChI is InChI=1S/C15H23NO3/c1-6-13(15(17)18)16(4)9-12-7-10(2)14(19-5)11(3)8-12/h7-8,13H,6,9H2,1-5H3,(H,17,18)/t13-/m0/s1. The molecule has 0 unspecified atom stereocenters. The van der Waals surface area contributed by atoms with Gasteiger partial charge in [0, 0.05) is 6.54 Å². The number of carboxylic acid groups (broad SMARTS) is 1. The molecular formula is C15H23NO3. The number of ether oxygens (including phenoxy) is 1. The molecule has 0 fully saturated rings. The highest BCUT2D eigenvalue weighted by Gasteiger charge is 2.20. The third-order valence-corrected chi connectivity index (χ3v) is 3.36. The Morgan fingerprint density at radius 1 is 1.37 bits per heavy atom. The van der Waals surface area contributed by atoms with Gasteiger partial charge in [0.25, 0.3) is 0 Å². The molecule has 0 amide bonds. The molecule has 0 aliphatic heterocycles. The van der Waals surface area contributed by atoms with E-state index in [1.165, 1.54) is 0 Å². The van der Waals surface area contributed by atoms with E-state index in [2.05, 4.69) is 12.1 Å². The van der Waals surface area contributed by atoms with Gasteiger partial charge in [-0.15, -0.1) is 0 Å². The second-order valence-electron chi connectivity index (χ2n) is 4.94. The number of methoxy groups -OCH3 is 1. The zero-order chi connectivity index (χ0) is 14.6. The Morgan fingerprint density at radius 2 is 1.89 bits per heavy atom. The maximum Gasteiger partial charge on any atom is 0.320 e. The van der Waals surface area contributed by atoms with E-state index in [-0.39, 0.29) is 0 Å². The van der Waals surface area contributed by atoms with E-state index in [1.807, 2.05) is 32.7 Å².